The first-order valence-electron chi connectivity index (χ1n) is 7.32. The monoisotopic (exact) mass is 377 g/mol. The van der Waals surface area contributed by atoms with Crippen molar-refractivity contribution in [2.45, 2.75) is 6.17 Å². The first kappa shape index (κ1) is 16.0. The number of benzene rings is 1. The van der Waals surface area contributed by atoms with Crippen LogP contribution in [0.2, 0.25) is 10.0 Å². The Bertz CT molecular complexity index is 946. The van der Waals surface area contributed by atoms with Gasteiger partial charge in [-0.3, -0.25) is 25.1 Å². The molecule has 0 saturated heterocycles. The van der Waals surface area contributed by atoms with Gasteiger partial charge < -0.3 is 0 Å². The van der Waals surface area contributed by atoms with Crippen LogP contribution in [-0.4, -0.2) is 35.5 Å². The number of aldehydes is 1. The maximum atomic E-state index is 14.3. The molecule has 6 nitrogen and oxygen atoms in total. The van der Waals surface area contributed by atoms with Crippen LogP contribution in [0.5, 0.6) is 0 Å². The van der Waals surface area contributed by atoms with E-state index in [0.717, 1.165) is 6.29 Å². The van der Waals surface area contributed by atoms with Gasteiger partial charge in [-0.25, -0.2) is 4.39 Å². The van der Waals surface area contributed by atoms with Crippen LogP contribution in [0.4, 0.5) is 10.1 Å². The van der Waals surface area contributed by atoms with Crippen molar-refractivity contribution in [2.75, 3.05) is 11.4 Å². The molecule has 25 heavy (non-hydrogen) atoms. The van der Waals surface area contributed by atoms with Crippen LogP contribution in [-0.2, 0) is 4.79 Å². The number of anilines is 1. The second-order valence-corrected chi connectivity index (χ2v) is 6.15. The number of nitrogens with zero attached hydrogens (tertiary/aromatic N) is 4. The fraction of sp³-hybridized carbons (Fsp3) is 0.125. The normalized spacial score (nSPS) is 18.5. The lowest BCUT2D eigenvalue weighted by Gasteiger charge is -2.24. The third kappa shape index (κ3) is 2.47. The number of hydrogen-bond acceptors (Lipinski definition) is 6. The SMILES string of the molecule is O=CC1NN=C2CN=C(c3ncccc3F)c3c(ccc(Cl)c3Cl)N21. The summed E-state index contributed by atoms with van der Waals surface area (Å²) in [6.45, 7) is 0.130. The lowest BCUT2D eigenvalue weighted by Crippen LogP contribution is -2.42. The summed E-state index contributed by atoms with van der Waals surface area (Å²) in [5.74, 6) is -0.0135. The van der Waals surface area contributed by atoms with Crippen molar-refractivity contribution in [3.8, 4) is 0 Å². The van der Waals surface area contributed by atoms with Crippen LogP contribution in [0.15, 0.2) is 40.6 Å². The minimum Gasteiger partial charge on any atom is -0.299 e. The third-order valence-corrected chi connectivity index (χ3v) is 4.75. The fourth-order valence-corrected chi connectivity index (χ4v) is 3.26. The summed E-state index contributed by atoms with van der Waals surface area (Å²) >= 11 is 12.6. The van der Waals surface area contributed by atoms with E-state index in [0.29, 0.717) is 22.1 Å². The minimum absolute atomic E-state index is 0.0605. The Balaban J connectivity index is 2.01. The number of aromatic nitrogens is 1. The fourth-order valence-electron chi connectivity index (χ4n) is 2.85. The van der Waals surface area contributed by atoms with E-state index in [1.165, 1.54) is 18.3 Å². The molecule has 1 N–H and O–H groups in total. The van der Waals surface area contributed by atoms with E-state index in [4.69, 9.17) is 23.2 Å². The van der Waals surface area contributed by atoms with Crippen molar-refractivity contribution in [2.24, 2.45) is 10.1 Å². The van der Waals surface area contributed by atoms with Crippen LogP contribution >= 0.6 is 23.2 Å². The second-order valence-electron chi connectivity index (χ2n) is 5.36. The van der Waals surface area contributed by atoms with Crippen molar-refractivity contribution in [3.63, 3.8) is 0 Å². The van der Waals surface area contributed by atoms with Gasteiger partial charge in [-0.2, -0.15) is 5.10 Å². The maximum absolute atomic E-state index is 14.3. The van der Waals surface area contributed by atoms with Crippen molar-refractivity contribution >= 4 is 46.7 Å². The average Bonchev–Trinajstić information content (AvgIpc) is 2.95. The van der Waals surface area contributed by atoms with Gasteiger partial charge in [-0.1, -0.05) is 23.2 Å². The number of carbonyl (C=O) groups excluding carboxylic acids is 1. The van der Waals surface area contributed by atoms with E-state index < -0.39 is 12.0 Å². The highest BCUT2D eigenvalue weighted by Crippen LogP contribution is 2.38. The predicted molar refractivity (Wildman–Crippen MR) is 94.1 cm³/mol. The molecule has 3 heterocycles. The van der Waals surface area contributed by atoms with E-state index in [1.54, 1.807) is 17.0 Å². The average molecular weight is 378 g/mol. The number of amidine groups is 1. The zero-order chi connectivity index (χ0) is 17.6. The highest BCUT2D eigenvalue weighted by molar-refractivity contribution is 6.45. The summed E-state index contributed by atoms with van der Waals surface area (Å²) in [5, 5.41) is 4.64. The van der Waals surface area contributed by atoms with Crippen molar-refractivity contribution in [1.29, 1.82) is 0 Å². The first-order valence-corrected chi connectivity index (χ1v) is 8.07. The zero-order valence-corrected chi connectivity index (χ0v) is 14.1. The molecule has 2 aliphatic heterocycles. The van der Waals surface area contributed by atoms with Gasteiger partial charge in [0, 0.05) is 11.8 Å². The van der Waals surface area contributed by atoms with E-state index in [2.05, 4.69) is 20.5 Å². The number of carbonyl (C=O) groups is 1. The molecule has 2 aliphatic rings. The molecular formula is C16H10Cl2FN5O. The summed E-state index contributed by atoms with van der Waals surface area (Å²) in [6.07, 6.45) is 1.49. The maximum Gasteiger partial charge on any atom is 0.177 e. The Kier molecular flexibility index (Phi) is 3.89. The van der Waals surface area contributed by atoms with Gasteiger partial charge in [0.2, 0.25) is 0 Å². The lowest BCUT2D eigenvalue weighted by molar-refractivity contribution is -0.109. The highest BCUT2D eigenvalue weighted by Gasteiger charge is 2.35. The Labute approximate surface area is 152 Å². The molecule has 0 aliphatic carbocycles. The molecule has 1 aromatic heterocycles. The molecule has 0 spiro atoms. The zero-order valence-electron chi connectivity index (χ0n) is 12.6. The number of hydrazone groups is 1. The van der Waals surface area contributed by atoms with Crippen LogP contribution in [0.25, 0.3) is 0 Å². The van der Waals surface area contributed by atoms with Crippen LogP contribution < -0.4 is 10.3 Å². The molecule has 0 amide bonds. The molecule has 1 aromatic carbocycles. The molecule has 4 rings (SSSR count). The lowest BCUT2D eigenvalue weighted by atomic mass is 10.0. The Morgan fingerprint density at radius 3 is 2.92 bits per heavy atom. The number of fused-ring (bicyclic) bond motifs is 3. The Morgan fingerprint density at radius 2 is 2.16 bits per heavy atom. The molecule has 0 radical (unpaired) electrons. The number of hydrogen-bond donors (Lipinski definition) is 1. The van der Waals surface area contributed by atoms with Crippen LogP contribution in [0, 0.1) is 5.82 Å². The van der Waals surface area contributed by atoms with E-state index in [-0.39, 0.29) is 23.0 Å². The van der Waals surface area contributed by atoms with Crippen LogP contribution in [0.1, 0.15) is 11.3 Å². The van der Waals surface area contributed by atoms with Gasteiger partial charge in [-0.15, -0.1) is 0 Å². The number of halogens is 3. The predicted octanol–water partition coefficient (Wildman–Crippen LogP) is 2.63. The van der Waals surface area contributed by atoms with Crippen LogP contribution in [0.3, 0.4) is 0 Å². The Hall–Kier alpha value is -2.51. The summed E-state index contributed by atoms with van der Waals surface area (Å²) in [4.78, 5) is 21.6. The van der Waals surface area contributed by atoms with E-state index in [1.807, 2.05) is 0 Å². The molecule has 9 heteroatoms. The molecule has 1 unspecified atom stereocenters. The van der Waals surface area contributed by atoms with Gasteiger partial charge in [0.05, 0.1) is 28.0 Å². The smallest absolute Gasteiger partial charge is 0.177 e. The van der Waals surface area contributed by atoms with Gasteiger partial charge in [-0.05, 0) is 24.3 Å². The third-order valence-electron chi connectivity index (χ3n) is 3.94. The Morgan fingerprint density at radius 1 is 1.32 bits per heavy atom. The summed E-state index contributed by atoms with van der Waals surface area (Å²) < 4.78 is 14.3. The second kappa shape index (κ2) is 6.09. The molecule has 2 aromatic rings. The molecular weight excluding hydrogens is 368 g/mol. The number of pyridine rings is 1. The van der Waals surface area contributed by atoms with Crippen molar-refractivity contribution < 1.29 is 9.18 Å². The topological polar surface area (TPSA) is 70.0 Å². The standard InChI is InChI=1S/C16H10Cl2FN5O/c17-8-3-4-10-13(14(8)18)16(15-9(19)2-1-5-20-15)21-6-11-22-23-12(7-25)24(10)11/h1-5,7,12,23H,6H2. The van der Waals surface area contributed by atoms with Gasteiger partial charge in [0.15, 0.2) is 24.1 Å². The highest BCUT2D eigenvalue weighted by atomic mass is 35.5. The van der Waals surface area contributed by atoms with E-state index >= 15 is 0 Å². The quantitative estimate of drug-likeness (QED) is 0.816. The molecule has 0 bridgehead atoms. The molecule has 0 saturated carbocycles. The summed E-state index contributed by atoms with van der Waals surface area (Å²) in [6, 6.07) is 6.09. The number of rotatable bonds is 2. The molecule has 0 fully saturated rings. The van der Waals surface area contributed by atoms with Crippen molar-refractivity contribution in [1.82, 2.24) is 10.4 Å². The molecule has 1 atom stereocenters. The van der Waals surface area contributed by atoms with Gasteiger partial charge >= 0.3 is 0 Å². The minimum atomic E-state index is -0.700. The summed E-state index contributed by atoms with van der Waals surface area (Å²) in [5.41, 5.74) is 4.02. The number of aliphatic imine (C=N–C) groups is 1. The van der Waals surface area contributed by atoms with Crippen molar-refractivity contribution in [3.05, 3.63) is 57.6 Å². The summed E-state index contributed by atoms with van der Waals surface area (Å²) in [7, 11) is 0. The van der Waals surface area contributed by atoms with Gasteiger partial charge in [0.1, 0.15) is 5.69 Å². The van der Waals surface area contributed by atoms with E-state index in [9.17, 15) is 9.18 Å². The number of nitrogens with one attached hydrogen (secondary N) is 1. The largest absolute Gasteiger partial charge is 0.299 e. The first-order chi connectivity index (χ1) is 12.1. The molecule has 126 valence electrons. The van der Waals surface area contributed by atoms with Gasteiger partial charge in [0.25, 0.3) is 0 Å².